The summed E-state index contributed by atoms with van der Waals surface area (Å²) in [5.41, 5.74) is 4.53. The standard InChI is InChI=1S/C13H19N/c1-3-14-8-6-12-5-4-11(2)10-13(12)7-9-14/h4-5,10H,3,6-9H2,1-2H3. The molecule has 0 bridgehead atoms. The fraction of sp³-hybridized carbons (Fsp3) is 0.538. The molecule has 0 N–H and O–H groups in total. The molecule has 0 fully saturated rings. The van der Waals surface area contributed by atoms with Gasteiger partial charge in [-0.15, -0.1) is 0 Å². The van der Waals surface area contributed by atoms with Crippen molar-refractivity contribution in [2.24, 2.45) is 0 Å². The molecule has 1 heterocycles. The number of fused-ring (bicyclic) bond motifs is 1. The molecule has 0 amide bonds. The number of benzene rings is 1. The first kappa shape index (κ1) is 9.72. The second-order valence-electron chi connectivity index (χ2n) is 4.21. The highest BCUT2D eigenvalue weighted by Crippen LogP contribution is 2.17. The molecule has 2 rings (SSSR count). The number of hydrogen-bond acceptors (Lipinski definition) is 1. The molecule has 1 aromatic carbocycles. The summed E-state index contributed by atoms with van der Waals surface area (Å²) in [6.07, 6.45) is 2.45. The van der Waals surface area contributed by atoms with E-state index in [-0.39, 0.29) is 0 Å². The van der Waals surface area contributed by atoms with Crippen molar-refractivity contribution < 1.29 is 0 Å². The third kappa shape index (κ3) is 1.98. The second-order valence-corrected chi connectivity index (χ2v) is 4.21. The SMILES string of the molecule is CCN1CCc2ccc(C)cc2CC1. The Hall–Kier alpha value is -0.820. The lowest BCUT2D eigenvalue weighted by atomic mass is 10.0. The molecule has 1 aliphatic heterocycles. The van der Waals surface area contributed by atoms with Crippen LogP contribution in [0.3, 0.4) is 0 Å². The molecule has 0 saturated carbocycles. The molecular weight excluding hydrogens is 170 g/mol. The lowest BCUT2D eigenvalue weighted by Crippen LogP contribution is -2.25. The molecule has 14 heavy (non-hydrogen) atoms. The van der Waals surface area contributed by atoms with E-state index in [9.17, 15) is 0 Å². The highest BCUT2D eigenvalue weighted by Gasteiger charge is 2.11. The Morgan fingerprint density at radius 1 is 1.14 bits per heavy atom. The average molecular weight is 189 g/mol. The van der Waals surface area contributed by atoms with Crippen LogP contribution in [0.1, 0.15) is 23.6 Å². The maximum absolute atomic E-state index is 2.54. The van der Waals surface area contributed by atoms with Gasteiger partial charge in [-0.1, -0.05) is 30.7 Å². The zero-order valence-electron chi connectivity index (χ0n) is 9.21. The van der Waals surface area contributed by atoms with Gasteiger partial charge in [0, 0.05) is 13.1 Å². The molecule has 0 atom stereocenters. The quantitative estimate of drug-likeness (QED) is 0.656. The van der Waals surface area contributed by atoms with Crippen LogP contribution in [-0.2, 0) is 12.8 Å². The Kier molecular flexibility index (Phi) is 2.87. The van der Waals surface area contributed by atoms with Crippen molar-refractivity contribution in [3.8, 4) is 0 Å². The first-order chi connectivity index (χ1) is 6.79. The zero-order chi connectivity index (χ0) is 9.97. The summed E-state index contributed by atoms with van der Waals surface area (Å²) in [5, 5.41) is 0. The van der Waals surface area contributed by atoms with Crippen molar-refractivity contribution in [1.29, 1.82) is 0 Å². The fourth-order valence-corrected chi connectivity index (χ4v) is 2.22. The van der Waals surface area contributed by atoms with Gasteiger partial charge in [0.15, 0.2) is 0 Å². The molecule has 0 aliphatic carbocycles. The van der Waals surface area contributed by atoms with Crippen molar-refractivity contribution in [2.45, 2.75) is 26.7 Å². The van der Waals surface area contributed by atoms with E-state index in [0.29, 0.717) is 0 Å². The number of rotatable bonds is 1. The van der Waals surface area contributed by atoms with E-state index in [4.69, 9.17) is 0 Å². The summed E-state index contributed by atoms with van der Waals surface area (Å²) in [6, 6.07) is 6.90. The summed E-state index contributed by atoms with van der Waals surface area (Å²) in [5.74, 6) is 0. The second kappa shape index (κ2) is 4.14. The van der Waals surface area contributed by atoms with Gasteiger partial charge in [0.05, 0.1) is 0 Å². The molecule has 0 radical (unpaired) electrons. The van der Waals surface area contributed by atoms with E-state index >= 15 is 0 Å². The third-order valence-electron chi connectivity index (χ3n) is 3.20. The molecular formula is C13H19N. The minimum atomic E-state index is 1.19. The van der Waals surface area contributed by atoms with Crippen LogP contribution in [0, 0.1) is 6.92 Å². The van der Waals surface area contributed by atoms with Crippen LogP contribution >= 0.6 is 0 Å². The van der Waals surface area contributed by atoms with Crippen LogP contribution in [0.2, 0.25) is 0 Å². The molecule has 0 spiro atoms. The number of likely N-dealkylation sites (N-methyl/N-ethyl adjacent to an activating group) is 1. The van der Waals surface area contributed by atoms with Crippen LogP contribution in [0.25, 0.3) is 0 Å². The predicted molar refractivity (Wildman–Crippen MR) is 60.7 cm³/mol. The van der Waals surface area contributed by atoms with E-state index in [1.165, 1.54) is 38.0 Å². The van der Waals surface area contributed by atoms with E-state index in [1.807, 2.05) is 0 Å². The molecule has 0 aromatic heterocycles. The van der Waals surface area contributed by atoms with Gasteiger partial charge in [-0.25, -0.2) is 0 Å². The van der Waals surface area contributed by atoms with Crippen molar-refractivity contribution >= 4 is 0 Å². The molecule has 1 heteroatoms. The maximum Gasteiger partial charge on any atom is 0.00219 e. The Morgan fingerprint density at radius 3 is 2.57 bits per heavy atom. The van der Waals surface area contributed by atoms with Crippen LogP contribution < -0.4 is 0 Å². The predicted octanol–water partition coefficient (Wildman–Crippen LogP) is 2.42. The summed E-state index contributed by atoms with van der Waals surface area (Å²) in [7, 11) is 0. The first-order valence-electron chi connectivity index (χ1n) is 5.60. The van der Waals surface area contributed by atoms with Gasteiger partial charge in [-0.2, -0.15) is 0 Å². The topological polar surface area (TPSA) is 3.24 Å². The molecule has 1 nitrogen and oxygen atoms in total. The van der Waals surface area contributed by atoms with E-state index in [1.54, 1.807) is 11.1 Å². The van der Waals surface area contributed by atoms with E-state index in [2.05, 4.69) is 36.9 Å². The van der Waals surface area contributed by atoms with Crippen LogP contribution in [0.15, 0.2) is 18.2 Å². The highest BCUT2D eigenvalue weighted by atomic mass is 15.1. The Bertz CT molecular complexity index is 317. The van der Waals surface area contributed by atoms with Gasteiger partial charge >= 0.3 is 0 Å². The van der Waals surface area contributed by atoms with Crippen LogP contribution in [0.5, 0.6) is 0 Å². The third-order valence-corrected chi connectivity index (χ3v) is 3.20. The Labute approximate surface area is 86.7 Å². The van der Waals surface area contributed by atoms with E-state index in [0.717, 1.165) is 0 Å². The van der Waals surface area contributed by atoms with Gasteiger partial charge in [-0.05, 0) is 37.4 Å². The van der Waals surface area contributed by atoms with Crippen LogP contribution in [0.4, 0.5) is 0 Å². The monoisotopic (exact) mass is 189 g/mol. The summed E-state index contributed by atoms with van der Waals surface area (Å²) >= 11 is 0. The first-order valence-corrected chi connectivity index (χ1v) is 5.60. The fourth-order valence-electron chi connectivity index (χ4n) is 2.22. The van der Waals surface area contributed by atoms with Gasteiger partial charge in [0.25, 0.3) is 0 Å². The van der Waals surface area contributed by atoms with Crippen molar-refractivity contribution in [3.63, 3.8) is 0 Å². The molecule has 76 valence electrons. The zero-order valence-corrected chi connectivity index (χ0v) is 9.21. The lowest BCUT2D eigenvalue weighted by molar-refractivity contribution is 0.303. The van der Waals surface area contributed by atoms with Gasteiger partial charge in [0.2, 0.25) is 0 Å². The molecule has 0 unspecified atom stereocenters. The molecule has 0 saturated heterocycles. The normalized spacial score (nSPS) is 17.6. The largest absolute Gasteiger partial charge is 0.303 e. The number of aryl methyl sites for hydroxylation is 1. The Balaban J connectivity index is 2.21. The summed E-state index contributed by atoms with van der Waals surface area (Å²) in [6.45, 7) is 8.08. The average Bonchev–Trinajstić information content (AvgIpc) is 2.39. The van der Waals surface area contributed by atoms with Gasteiger partial charge < -0.3 is 4.90 Å². The van der Waals surface area contributed by atoms with Crippen molar-refractivity contribution in [3.05, 3.63) is 34.9 Å². The molecule has 1 aromatic rings. The van der Waals surface area contributed by atoms with Crippen molar-refractivity contribution in [2.75, 3.05) is 19.6 Å². The summed E-state index contributed by atoms with van der Waals surface area (Å²) in [4.78, 5) is 2.54. The molecule has 1 aliphatic rings. The lowest BCUT2D eigenvalue weighted by Gasteiger charge is -2.16. The van der Waals surface area contributed by atoms with E-state index < -0.39 is 0 Å². The minimum absolute atomic E-state index is 1.19. The maximum atomic E-state index is 2.54. The van der Waals surface area contributed by atoms with Crippen LogP contribution in [-0.4, -0.2) is 24.5 Å². The number of nitrogens with zero attached hydrogens (tertiary/aromatic N) is 1. The highest BCUT2D eigenvalue weighted by molar-refractivity contribution is 5.32. The summed E-state index contributed by atoms with van der Waals surface area (Å²) < 4.78 is 0. The Morgan fingerprint density at radius 2 is 1.86 bits per heavy atom. The smallest absolute Gasteiger partial charge is 0.00219 e. The van der Waals surface area contributed by atoms with Crippen molar-refractivity contribution in [1.82, 2.24) is 4.90 Å². The van der Waals surface area contributed by atoms with Gasteiger partial charge in [-0.3, -0.25) is 0 Å². The van der Waals surface area contributed by atoms with Gasteiger partial charge in [0.1, 0.15) is 0 Å². The minimum Gasteiger partial charge on any atom is -0.303 e. The number of hydrogen-bond donors (Lipinski definition) is 0.